The molecule has 1 heterocycles. The van der Waals surface area contributed by atoms with Crippen molar-refractivity contribution in [3.8, 4) is 5.75 Å². The van der Waals surface area contributed by atoms with Gasteiger partial charge in [-0.05, 0) is 36.2 Å². The number of hydrogen-bond acceptors (Lipinski definition) is 3. The van der Waals surface area contributed by atoms with Crippen molar-refractivity contribution in [3.05, 3.63) is 60.4 Å². The molecule has 0 unspecified atom stereocenters. The SMILES string of the molecule is COc1ccc(CCC(=O)NCCn2cnc3ccccc32)cc1. The topological polar surface area (TPSA) is 56.1 Å². The summed E-state index contributed by atoms with van der Waals surface area (Å²) < 4.78 is 7.18. The number of fused-ring (bicyclic) bond motifs is 1. The fourth-order valence-corrected chi connectivity index (χ4v) is 2.64. The Labute approximate surface area is 141 Å². The van der Waals surface area contributed by atoms with Crippen LogP contribution in [0.15, 0.2) is 54.9 Å². The maximum atomic E-state index is 12.0. The first-order chi connectivity index (χ1) is 11.8. The van der Waals surface area contributed by atoms with E-state index in [9.17, 15) is 4.79 Å². The van der Waals surface area contributed by atoms with Crippen LogP contribution in [0.1, 0.15) is 12.0 Å². The number of ether oxygens (including phenoxy) is 1. The second-order valence-electron chi connectivity index (χ2n) is 5.62. The lowest BCUT2D eigenvalue weighted by Gasteiger charge is -2.07. The van der Waals surface area contributed by atoms with Gasteiger partial charge in [0.25, 0.3) is 0 Å². The molecule has 0 spiro atoms. The fraction of sp³-hybridized carbons (Fsp3) is 0.263. The number of nitrogens with zero attached hydrogens (tertiary/aromatic N) is 2. The Hall–Kier alpha value is -2.82. The first kappa shape index (κ1) is 16.1. The molecule has 0 atom stereocenters. The number of carbonyl (C=O) groups is 1. The predicted molar refractivity (Wildman–Crippen MR) is 94.1 cm³/mol. The number of amides is 1. The van der Waals surface area contributed by atoms with Gasteiger partial charge in [0.2, 0.25) is 5.91 Å². The molecule has 0 bridgehead atoms. The Bertz CT molecular complexity index is 809. The first-order valence-corrected chi connectivity index (χ1v) is 8.06. The highest BCUT2D eigenvalue weighted by Gasteiger charge is 2.04. The molecule has 2 aromatic carbocycles. The van der Waals surface area contributed by atoms with Gasteiger partial charge in [-0.3, -0.25) is 4.79 Å². The lowest BCUT2D eigenvalue weighted by Crippen LogP contribution is -2.27. The summed E-state index contributed by atoms with van der Waals surface area (Å²) >= 11 is 0. The van der Waals surface area contributed by atoms with Gasteiger partial charge in [-0.15, -0.1) is 0 Å². The molecule has 3 aromatic rings. The number of benzene rings is 2. The number of methoxy groups -OCH3 is 1. The second-order valence-corrected chi connectivity index (χ2v) is 5.62. The zero-order chi connectivity index (χ0) is 16.8. The summed E-state index contributed by atoms with van der Waals surface area (Å²) in [7, 11) is 1.64. The standard InChI is InChI=1S/C19H21N3O2/c1-24-16-9-6-15(7-10-16)8-11-19(23)20-12-13-22-14-21-17-4-2-3-5-18(17)22/h2-7,9-10,14H,8,11-13H2,1H3,(H,20,23). The third kappa shape index (κ3) is 3.93. The van der Waals surface area contributed by atoms with Crippen molar-refractivity contribution < 1.29 is 9.53 Å². The van der Waals surface area contributed by atoms with Crippen molar-refractivity contribution in [1.82, 2.24) is 14.9 Å². The molecule has 24 heavy (non-hydrogen) atoms. The minimum Gasteiger partial charge on any atom is -0.497 e. The monoisotopic (exact) mass is 323 g/mol. The summed E-state index contributed by atoms with van der Waals surface area (Å²) in [6.45, 7) is 1.32. The molecule has 0 aliphatic rings. The Balaban J connectivity index is 1.44. The van der Waals surface area contributed by atoms with E-state index < -0.39 is 0 Å². The molecule has 5 nitrogen and oxygen atoms in total. The van der Waals surface area contributed by atoms with Crippen molar-refractivity contribution in [2.24, 2.45) is 0 Å². The first-order valence-electron chi connectivity index (χ1n) is 8.06. The third-order valence-corrected chi connectivity index (χ3v) is 4.00. The number of hydrogen-bond donors (Lipinski definition) is 1. The van der Waals surface area contributed by atoms with E-state index in [1.807, 2.05) is 54.9 Å². The van der Waals surface area contributed by atoms with E-state index in [4.69, 9.17) is 4.74 Å². The molecule has 3 rings (SSSR count). The van der Waals surface area contributed by atoms with Crippen LogP contribution >= 0.6 is 0 Å². The average Bonchev–Trinajstić information content (AvgIpc) is 3.04. The minimum atomic E-state index is 0.0650. The molecule has 0 fully saturated rings. The van der Waals surface area contributed by atoms with Gasteiger partial charge in [0.15, 0.2) is 0 Å². The summed E-state index contributed by atoms with van der Waals surface area (Å²) in [5.74, 6) is 0.894. The number of rotatable bonds is 7. The van der Waals surface area contributed by atoms with Crippen LogP contribution in [0.5, 0.6) is 5.75 Å². The maximum absolute atomic E-state index is 12.0. The molecule has 0 aliphatic heterocycles. The van der Waals surface area contributed by atoms with Crippen molar-refractivity contribution in [2.45, 2.75) is 19.4 Å². The number of aryl methyl sites for hydroxylation is 1. The number of nitrogens with one attached hydrogen (secondary N) is 1. The lowest BCUT2D eigenvalue weighted by atomic mass is 10.1. The zero-order valence-corrected chi connectivity index (χ0v) is 13.7. The van der Waals surface area contributed by atoms with E-state index in [-0.39, 0.29) is 5.91 Å². The van der Waals surface area contributed by atoms with Crippen molar-refractivity contribution >= 4 is 16.9 Å². The van der Waals surface area contributed by atoms with E-state index in [2.05, 4.69) is 14.9 Å². The normalized spacial score (nSPS) is 10.7. The summed E-state index contributed by atoms with van der Waals surface area (Å²) in [4.78, 5) is 16.3. The summed E-state index contributed by atoms with van der Waals surface area (Å²) in [5, 5.41) is 2.97. The molecule has 124 valence electrons. The van der Waals surface area contributed by atoms with Crippen LogP contribution < -0.4 is 10.1 Å². The Morgan fingerprint density at radius 3 is 2.75 bits per heavy atom. The maximum Gasteiger partial charge on any atom is 0.220 e. The number of aromatic nitrogens is 2. The Morgan fingerprint density at radius 1 is 1.17 bits per heavy atom. The molecular weight excluding hydrogens is 302 g/mol. The fourth-order valence-electron chi connectivity index (χ4n) is 2.64. The molecule has 1 aromatic heterocycles. The van der Waals surface area contributed by atoms with Crippen LogP contribution in [0.25, 0.3) is 11.0 Å². The Kier molecular flexibility index (Phi) is 5.11. The van der Waals surface area contributed by atoms with Gasteiger partial charge in [0, 0.05) is 19.5 Å². The molecule has 1 N–H and O–H groups in total. The highest BCUT2D eigenvalue weighted by molar-refractivity contribution is 5.76. The minimum absolute atomic E-state index is 0.0650. The van der Waals surface area contributed by atoms with Gasteiger partial charge < -0.3 is 14.6 Å². The van der Waals surface area contributed by atoms with Crippen LogP contribution in [0.3, 0.4) is 0 Å². The molecule has 0 aliphatic carbocycles. The summed E-state index contributed by atoms with van der Waals surface area (Å²) in [6, 6.07) is 15.8. The van der Waals surface area contributed by atoms with Gasteiger partial charge in [-0.2, -0.15) is 0 Å². The smallest absolute Gasteiger partial charge is 0.220 e. The quantitative estimate of drug-likeness (QED) is 0.727. The van der Waals surface area contributed by atoms with E-state index in [1.54, 1.807) is 7.11 Å². The van der Waals surface area contributed by atoms with Crippen molar-refractivity contribution in [1.29, 1.82) is 0 Å². The molecule has 0 saturated heterocycles. The largest absolute Gasteiger partial charge is 0.497 e. The summed E-state index contributed by atoms with van der Waals surface area (Å²) in [6.07, 6.45) is 3.02. The van der Waals surface area contributed by atoms with E-state index >= 15 is 0 Å². The van der Waals surface area contributed by atoms with Crippen LogP contribution in [0, 0.1) is 0 Å². The van der Waals surface area contributed by atoms with Crippen LogP contribution in [0.4, 0.5) is 0 Å². The van der Waals surface area contributed by atoms with E-state index in [1.165, 1.54) is 0 Å². The highest BCUT2D eigenvalue weighted by Crippen LogP contribution is 2.13. The third-order valence-electron chi connectivity index (χ3n) is 4.00. The average molecular weight is 323 g/mol. The molecule has 5 heteroatoms. The van der Waals surface area contributed by atoms with Crippen LogP contribution in [-0.2, 0) is 17.8 Å². The van der Waals surface area contributed by atoms with Crippen molar-refractivity contribution in [2.75, 3.05) is 13.7 Å². The van der Waals surface area contributed by atoms with E-state index in [0.717, 1.165) is 35.3 Å². The number of carbonyl (C=O) groups excluding carboxylic acids is 1. The second kappa shape index (κ2) is 7.64. The van der Waals surface area contributed by atoms with E-state index in [0.29, 0.717) is 13.0 Å². The van der Waals surface area contributed by atoms with Gasteiger partial charge in [-0.25, -0.2) is 4.98 Å². The number of imidazole rings is 1. The van der Waals surface area contributed by atoms with Gasteiger partial charge >= 0.3 is 0 Å². The van der Waals surface area contributed by atoms with Gasteiger partial charge in [-0.1, -0.05) is 24.3 Å². The van der Waals surface area contributed by atoms with Crippen molar-refractivity contribution in [3.63, 3.8) is 0 Å². The molecule has 0 radical (unpaired) electrons. The Morgan fingerprint density at radius 2 is 1.96 bits per heavy atom. The van der Waals surface area contributed by atoms with Gasteiger partial charge in [0.05, 0.1) is 24.5 Å². The zero-order valence-electron chi connectivity index (χ0n) is 13.7. The molecule has 1 amide bonds. The molecular formula is C19H21N3O2. The van der Waals surface area contributed by atoms with Crippen LogP contribution in [0.2, 0.25) is 0 Å². The predicted octanol–water partition coefficient (Wildman–Crippen LogP) is 2.79. The number of para-hydroxylation sites is 2. The van der Waals surface area contributed by atoms with Gasteiger partial charge in [0.1, 0.15) is 5.75 Å². The summed E-state index contributed by atoms with van der Waals surface area (Å²) in [5.41, 5.74) is 3.19. The highest BCUT2D eigenvalue weighted by atomic mass is 16.5. The molecule has 0 saturated carbocycles. The van der Waals surface area contributed by atoms with Crippen LogP contribution in [-0.4, -0.2) is 29.1 Å². The lowest BCUT2D eigenvalue weighted by molar-refractivity contribution is -0.121.